The van der Waals surface area contributed by atoms with E-state index in [1.54, 1.807) is 6.07 Å². The molecule has 0 aliphatic rings. The minimum Gasteiger partial charge on any atom is -0.478 e. The van der Waals surface area contributed by atoms with E-state index in [4.69, 9.17) is 10.8 Å². The van der Waals surface area contributed by atoms with Gasteiger partial charge in [-0.3, -0.25) is 0 Å². The highest BCUT2D eigenvalue weighted by molar-refractivity contribution is 7.90. The molecule has 7 nitrogen and oxygen atoms in total. The highest BCUT2D eigenvalue weighted by Gasteiger charge is 2.13. The maximum atomic E-state index is 11.3. The van der Waals surface area contributed by atoms with Crippen LogP contribution < -0.4 is 5.73 Å². The monoisotopic (exact) mass is 281 g/mol. The molecule has 0 radical (unpaired) electrons. The molecule has 0 aliphatic heterocycles. The number of sulfone groups is 1. The van der Waals surface area contributed by atoms with Gasteiger partial charge in [0.1, 0.15) is 4.90 Å². The van der Waals surface area contributed by atoms with Gasteiger partial charge in [-0.2, -0.15) is 5.10 Å². The van der Waals surface area contributed by atoms with Gasteiger partial charge >= 0.3 is 5.97 Å². The van der Waals surface area contributed by atoms with Crippen LogP contribution in [0.15, 0.2) is 35.5 Å². The fraction of sp³-hybridized carbons (Fsp3) is 0.0909. The molecule has 1 heterocycles. The molecule has 0 spiro atoms. The average molecular weight is 281 g/mol. The lowest BCUT2D eigenvalue weighted by Crippen LogP contribution is -2.04. The van der Waals surface area contributed by atoms with Crippen molar-refractivity contribution in [3.63, 3.8) is 0 Å². The molecule has 100 valence electrons. The van der Waals surface area contributed by atoms with Gasteiger partial charge in [0.2, 0.25) is 0 Å². The molecule has 19 heavy (non-hydrogen) atoms. The van der Waals surface area contributed by atoms with Gasteiger partial charge in [0.25, 0.3) is 0 Å². The molecule has 3 N–H and O–H groups in total. The van der Waals surface area contributed by atoms with Gasteiger partial charge in [0.15, 0.2) is 9.84 Å². The molecule has 0 saturated heterocycles. The van der Waals surface area contributed by atoms with Crippen molar-refractivity contribution in [2.45, 2.75) is 4.90 Å². The summed E-state index contributed by atoms with van der Waals surface area (Å²) in [6.07, 6.45) is 3.58. The van der Waals surface area contributed by atoms with Crippen molar-refractivity contribution in [2.75, 3.05) is 12.0 Å². The van der Waals surface area contributed by atoms with Crippen LogP contribution >= 0.6 is 0 Å². The number of nitrogens with zero attached hydrogens (tertiary/aromatic N) is 2. The van der Waals surface area contributed by atoms with E-state index >= 15 is 0 Å². The summed E-state index contributed by atoms with van der Waals surface area (Å²) in [4.78, 5) is 11.0. The SMILES string of the molecule is CS(=O)(=O)c1cnn(-c2ccc(N)c(C(=O)O)c2)c1. The van der Waals surface area contributed by atoms with Crippen LogP contribution in [0.5, 0.6) is 0 Å². The third-order valence-electron chi connectivity index (χ3n) is 2.52. The topological polar surface area (TPSA) is 115 Å². The van der Waals surface area contributed by atoms with Gasteiger partial charge in [-0.1, -0.05) is 0 Å². The Morgan fingerprint density at radius 2 is 2.11 bits per heavy atom. The molecule has 0 atom stereocenters. The zero-order chi connectivity index (χ0) is 14.2. The van der Waals surface area contributed by atoms with Crippen LogP contribution in [0, 0.1) is 0 Å². The Morgan fingerprint density at radius 1 is 1.42 bits per heavy atom. The first kappa shape index (κ1) is 13.1. The van der Waals surface area contributed by atoms with E-state index in [9.17, 15) is 13.2 Å². The largest absolute Gasteiger partial charge is 0.478 e. The maximum Gasteiger partial charge on any atom is 0.337 e. The van der Waals surface area contributed by atoms with E-state index in [0.717, 1.165) is 6.26 Å². The predicted octanol–water partition coefficient (Wildman–Crippen LogP) is 0.556. The second kappa shape index (κ2) is 4.39. The molecule has 0 aliphatic carbocycles. The number of carboxylic acid groups (broad SMARTS) is 1. The number of nitrogens with two attached hydrogens (primary N) is 1. The summed E-state index contributed by atoms with van der Waals surface area (Å²) >= 11 is 0. The molecular formula is C11H11N3O4S. The first-order valence-corrected chi connectivity index (χ1v) is 7.06. The van der Waals surface area contributed by atoms with E-state index in [-0.39, 0.29) is 16.1 Å². The Hall–Kier alpha value is -2.35. The minimum absolute atomic E-state index is 0.0567. The summed E-state index contributed by atoms with van der Waals surface area (Å²) in [5.41, 5.74) is 6.02. The van der Waals surface area contributed by atoms with Crippen molar-refractivity contribution in [1.29, 1.82) is 0 Å². The fourth-order valence-electron chi connectivity index (χ4n) is 1.51. The van der Waals surface area contributed by atoms with Gasteiger partial charge in [-0.05, 0) is 18.2 Å². The molecule has 0 amide bonds. The van der Waals surface area contributed by atoms with Gasteiger partial charge in [-0.15, -0.1) is 0 Å². The molecule has 8 heteroatoms. The molecule has 1 aromatic carbocycles. The van der Waals surface area contributed by atoms with Crippen molar-refractivity contribution >= 4 is 21.5 Å². The van der Waals surface area contributed by atoms with Crippen molar-refractivity contribution in [2.24, 2.45) is 0 Å². The number of hydrogen-bond acceptors (Lipinski definition) is 5. The van der Waals surface area contributed by atoms with E-state index in [1.165, 1.54) is 29.2 Å². The lowest BCUT2D eigenvalue weighted by molar-refractivity contribution is 0.0698. The summed E-state index contributed by atoms with van der Waals surface area (Å²) < 4.78 is 24.0. The summed E-state index contributed by atoms with van der Waals surface area (Å²) in [5, 5.41) is 12.9. The number of aromatic carboxylic acids is 1. The Kier molecular flexibility index (Phi) is 3.03. The molecule has 0 fully saturated rings. The van der Waals surface area contributed by atoms with Gasteiger partial charge < -0.3 is 10.8 Å². The molecule has 1 aromatic heterocycles. The lowest BCUT2D eigenvalue weighted by atomic mass is 10.1. The summed E-state index contributed by atoms with van der Waals surface area (Å²) in [6, 6.07) is 4.32. The quantitative estimate of drug-likeness (QED) is 0.794. The highest BCUT2D eigenvalue weighted by Crippen LogP contribution is 2.18. The Morgan fingerprint density at radius 3 is 2.63 bits per heavy atom. The Labute approximate surface area is 109 Å². The van der Waals surface area contributed by atoms with Crippen LogP contribution in [-0.4, -0.2) is 35.5 Å². The molecule has 0 unspecified atom stereocenters. The maximum absolute atomic E-state index is 11.3. The molecule has 0 bridgehead atoms. The van der Waals surface area contributed by atoms with Crippen LogP contribution in [0.25, 0.3) is 5.69 Å². The van der Waals surface area contributed by atoms with E-state index in [2.05, 4.69) is 5.10 Å². The van der Waals surface area contributed by atoms with E-state index < -0.39 is 15.8 Å². The first-order valence-electron chi connectivity index (χ1n) is 5.17. The zero-order valence-electron chi connectivity index (χ0n) is 9.94. The summed E-state index contributed by atoms with van der Waals surface area (Å²) in [6.45, 7) is 0. The number of nitrogen functional groups attached to an aromatic ring is 1. The van der Waals surface area contributed by atoms with Crippen LogP contribution in [-0.2, 0) is 9.84 Å². The Bertz CT molecular complexity index is 749. The standard InChI is InChI=1S/C11H11N3O4S/c1-19(17,18)8-5-13-14(6-8)7-2-3-10(12)9(4-7)11(15)16/h2-6H,12H2,1H3,(H,15,16). The van der Waals surface area contributed by atoms with Gasteiger partial charge in [0, 0.05) is 18.1 Å². The number of hydrogen-bond donors (Lipinski definition) is 2. The lowest BCUT2D eigenvalue weighted by Gasteiger charge is -2.05. The van der Waals surface area contributed by atoms with Gasteiger partial charge in [0.05, 0.1) is 17.4 Å². The normalized spacial score (nSPS) is 11.4. The average Bonchev–Trinajstić information content (AvgIpc) is 2.78. The third kappa shape index (κ3) is 2.58. The molecule has 0 saturated carbocycles. The van der Waals surface area contributed by atoms with Crippen molar-refractivity contribution in [1.82, 2.24) is 9.78 Å². The van der Waals surface area contributed by atoms with E-state index in [0.29, 0.717) is 5.69 Å². The summed E-state index contributed by atoms with van der Waals surface area (Å²) in [5.74, 6) is -1.16. The van der Waals surface area contributed by atoms with Crippen LogP contribution in [0.3, 0.4) is 0 Å². The summed E-state index contributed by atoms with van der Waals surface area (Å²) in [7, 11) is -3.35. The minimum atomic E-state index is -3.35. The number of carbonyl (C=O) groups is 1. The smallest absolute Gasteiger partial charge is 0.337 e. The number of aromatic nitrogens is 2. The predicted molar refractivity (Wildman–Crippen MR) is 68.0 cm³/mol. The van der Waals surface area contributed by atoms with Crippen LogP contribution in [0.1, 0.15) is 10.4 Å². The second-order valence-corrected chi connectivity index (χ2v) is 5.99. The van der Waals surface area contributed by atoms with Gasteiger partial charge in [-0.25, -0.2) is 17.9 Å². The third-order valence-corrected chi connectivity index (χ3v) is 3.59. The van der Waals surface area contributed by atoms with Crippen LogP contribution in [0.4, 0.5) is 5.69 Å². The van der Waals surface area contributed by atoms with E-state index in [1.807, 2.05) is 0 Å². The molecule has 2 rings (SSSR count). The number of benzene rings is 1. The number of carboxylic acids is 1. The van der Waals surface area contributed by atoms with Crippen molar-refractivity contribution < 1.29 is 18.3 Å². The van der Waals surface area contributed by atoms with Crippen molar-refractivity contribution in [3.8, 4) is 5.69 Å². The van der Waals surface area contributed by atoms with Crippen LogP contribution in [0.2, 0.25) is 0 Å². The fourth-order valence-corrected chi connectivity index (χ4v) is 2.04. The number of anilines is 1. The molecular weight excluding hydrogens is 270 g/mol. The second-order valence-electron chi connectivity index (χ2n) is 3.97. The first-order chi connectivity index (χ1) is 8.79. The van der Waals surface area contributed by atoms with Crippen molar-refractivity contribution in [3.05, 3.63) is 36.2 Å². The highest BCUT2D eigenvalue weighted by atomic mass is 32.2. The molecule has 2 aromatic rings. The number of rotatable bonds is 3. The Balaban J connectivity index is 2.51. The zero-order valence-corrected chi connectivity index (χ0v) is 10.8.